The van der Waals surface area contributed by atoms with Crippen molar-refractivity contribution in [3.05, 3.63) is 42.7 Å². The highest BCUT2D eigenvalue weighted by atomic mass is 32.1. The van der Waals surface area contributed by atoms with Crippen LogP contribution in [0.15, 0.2) is 42.7 Å². The molecule has 24 heavy (non-hydrogen) atoms. The van der Waals surface area contributed by atoms with Gasteiger partial charge in [0.2, 0.25) is 0 Å². The van der Waals surface area contributed by atoms with E-state index in [1.807, 2.05) is 24.5 Å². The van der Waals surface area contributed by atoms with E-state index in [1.165, 1.54) is 12.8 Å². The van der Waals surface area contributed by atoms with Crippen LogP contribution in [0.1, 0.15) is 19.8 Å². The Kier molecular flexibility index (Phi) is 4.02. The van der Waals surface area contributed by atoms with Crippen molar-refractivity contribution in [1.82, 2.24) is 14.9 Å². The first-order valence-electron chi connectivity index (χ1n) is 8.41. The number of thiocarbonyl (C=S) groups is 1. The Hall–Kier alpha value is -2.27. The first-order chi connectivity index (χ1) is 11.7. The second-order valence-corrected chi connectivity index (χ2v) is 6.89. The van der Waals surface area contributed by atoms with Gasteiger partial charge >= 0.3 is 0 Å². The molecular weight excluding hydrogens is 316 g/mol. The van der Waals surface area contributed by atoms with Gasteiger partial charge in [0.15, 0.2) is 5.11 Å². The second kappa shape index (κ2) is 6.32. The van der Waals surface area contributed by atoms with Gasteiger partial charge in [-0.25, -0.2) is 0 Å². The molecule has 1 N–H and O–H groups in total. The summed E-state index contributed by atoms with van der Waals surface area (Å²) in [6, 6.07) is 10.1. The zero-order chi connectivity index (χ0) is 16.5. The fourth-order valence-electron chi connectivity index (χ4n) is 3.30. The molecule has 3 aromatic rings. The minimum atomic E-state index is 0.789. The summed E-state index contributed by atoms with van der Waals surface area (Å²) in [5.74, 6) is 0.790. The van der Waals surface area contributed by atoms with Crippen LogP contribution in [0.25, 0.3) is 21.8 Å². The number of pyridine rings is 2. The van der Waals surface area contributed by atoms with Crippen LogP contribution < -0.4 is 5.32 Å². The molecule has 1 aliphatic heterocycles. The van der Waals surface area contributed by atoms with Crippen molar-refractivity contribution >= 4 is 44.8 Å². The molecular formula is C19H20N4S. The maximum absolute atomic E-state index is 5.65. The Morgan fingerprint density at radius 2 is 1.83 bits per heavy atom. The fourth-order valence-corrected chi connectivity index (χ4v) is 3.59. The van der Waals surface area contributed by atoms with Crippen molar-refractivity contribution in [3.63, 3.8) is 0 Å². The van der Waals surface area contributed by atoms with Gasteiger partial charge in [-0.05, 0) is 55.2 Å². The molecule has 0 atom stereocenters. The van der Waals surface area contributed by atoms with E-state index in [4.69, 9.17) is 12.2 Å². The smallest absolute Gasteiger partial charge is 0.173 e. The number of hydrogen-bond acceptors (Lipinski definition) is 3. The van der Waals surface area contributed by atoms with Gasteiger partial charge in [-0.3, -0.25) is 9.97 Å². The third-order valence-electron chi connectivity index (χ3n) is 4.77. The quantitative estimate of drug-likeness (QED) is 0.532. The van der Waals surface area contributed by atoms with Crippen LogP contribution in [0, 0.1) is 5.92 Å². The van der Waals surface area contributed by atoms with E-state index in [1.54, 1.807) is 0 Å². The Balaban J connectivity index is 1.71. The number of nitrogens with one attached hydrogen (secondary N) is 1. The summed E-state index contributed by atoms with van der Waals surface area (Å²) in [5, 5.41) is 6.36. The van der Waals surface area contributed by atoms with Crippen molar-refractivity contribution in [2.45, 2.75) is 19.8 Å². The van der Waals surface area contributed by atoms with Crippen molar-refractivity contribution in [1.29, 1.82) is 0 Å². The number of fused-ring (bicyclic) bond motifs is 3. The first-order valence-corrected chi connectivity index (χ1v) is 8.81. The summed E-state index contributed by atoms with van der Waals surface area (Å²) in [5.41, 5.74) is 2.84. The molecule has 0 aliphatic carbocycles. The van der Waals surface area contributed by atoms with Crippen LogP contribution in [0.4, 0.5) is 5.69 Å². The highest BCUT2D eigenvalue weighted by molar-refractivity contribution is 7.80. The van der Waals surface area contributed by atoms with Crippen LogP contribution in [0.2, 0.25) is 0 Å². The van der Waals surface area contributed by atoms with Crippen LogP contribution in [0.5, 0.6) is 0 Å². The molecule has 122 valence electrons. The van der Waals surface area contributed by atoms with Crippen LogP contribution in [0.3, 0.4) is 0 Å². The predicted octanol–water partition coefficient (Wildman–Crippen LogP) is 4.21. The Morgan fingerprint density at radius 3 is 2.62 bits per heavy atom. The summed E-state index contributed by atoms with van der Waals surface area (Å²) in [6.45, 7) is 4.35. The van der Waals surface area contributed by atoms with Crippen molar-refractivity contribution in [2.75, 3.05) is 18.4 Å². The lowest BCUT2D eigenvalue weighted by Crippen LogP contribution is -2.40. The van der Waals surface area contributed by atoms with Crippen LogP contribution in [-0.2, 0) is 0 Å². The minimum Gasteiger partial charge on any atom is -0.349 e. The lowest BCUT2D eigenvalue weighted by molar-refractivity contribution is 0.283. The molecule has 1 aromatic carbocycles. The highest BCUT2D eigenvalue weighted by Gasteiger charge is 2.19. The zero-order valence-corrected chi connectivity index (χ0v) is 14.5. The van der Waals surface area contributed by atoms with Gasteiger partial charge in [-0.2, -0.15) is 0 Å². The average Bonchev–Trinajstić information content (AvgIpc) is 2.62. The van der Waals surface area contributed by atoms with E-state index in [2.05, 4.69) is 45.3 Å². The molecule has 0 saturated carbocycles. The molecule has 3 heterocycles. The average molecular weight is 336 g/mol. The van der Waals surface area contributed by atoms with Crippen molar-refractivity contribution in [3.8, 4) is 0 Å². The van der Waals surface area contributed by atoms with E-state index in [-0.39, 0.29) is 0 Å². The Morgan fingerprint density at radius 1 is 1.12 bits per heavy atom. The van der Waals surface area contributed by atoms with Crippen LogP contribution in [-0.4, -0.2) is 33.1 Å². The summed E-state index contributed by atoms with van der Waals surface area (Å²) >= 11 is 5.65. The van der Waals surface area contributed by atoms with E-state index >= 15 is 0 Å². The third-order valence-corrected chi connectivity index (χ3v) is 5.13. The van der Waals surface area contributed by atoms with Gasteiger partial charge in [0.05, 0.1) is 16.7 Å². The number of rotatable bonds is 1. The zero-order valence-electron chi connectivity index (χ0n) is 13.7. The first kappa shape index (κ1) is 15.3. The molecule has 2 aromatic heterocycles. The third kappa shape index (κ3) is 2.80. The van der Waals surface area contributed by atoms with E-state index in [0.29, 0.717) is 0 Å². The Labute approximate surface area is 146 Å². The van der Waals surface area contributed by atoms with Gasteiger partial charge in [0.25, 0.3) is 0 Å². The largest absolute Gasteiger partial charge is 0.349 e. The molecule has 0 bridgehead atoms. The molecule has 0 unspecified atom stereocenters. The number of aromatic nitrogens is 2. The number of piperidine rings is 1. The molecule has 1 fully saturated rings. The monoisotopic (exact) mass is 336 g/mol. The predicted molar refractivity (Wildman–Crippen MR) is 103 cm³/mol. The normalized spacial score (nSPS) is 15.8. The van der Waals surface area contributed by atoms with Gasteiger partial charge in [0, 0.05) is 36.3 Å². The van der Waals surface area contributed by atoms with Gasteiger partial charge in [-0.1, -0.05) is 13.0 Å². The van der Waals surface area contributed by atoms with E-state index in [9.17, 15) is 0 Å². The summed E-state index contributed by atoms with van der Waals surface area (Å²) in [6.07, 6.45) is 6.03. The van der Waals surface area contributed by atoms with Gasteiger partial charge in [0.1, 0.15) is 0 Å². The van der Waals surface area contributed by atoms with Crippen molar-refractivity contribution < 1.29 is 0 Å². The molecule has 4 rings (SSSR count). The van der Waals surface area contributed by atoms with Gasteiger partial charge in [-0.15, -0.1) is 0 Å². The topological polar surface area (TPSA) is 41.0 Å². The number of likely N-dealkylation sites (tertiary alicyclic amines) is 1. The Bertz CT molecular complexity index is 900. The number of nitrogens with zero attached hydrogens (tertiary/aromatic N) is 3. The molecule has 0 spiro atoms. The lowest BCUT2D eigenvalue weighted by Gasteiger charge is -2.32. The summed E-state index contributed by atoms with van der Waals surface area (Å²) in [4.78, 5) is 11.3. The summed E-state index contributed by atoms with van der Waals surface area (Å²) in [7, 11) is 0. The van der Waals surface area contributed by atoms with Crippen LogP contribution >= 0.6 is 12.2 Å². The maximum atomic E-state index is 5.65. The molecule has 1 aliphatic rings. The summed E-state index contributed by atoms with van der Waals surface area (Å²) < 4.78 is 0. The number of benzene rings is 1. The van der Waals surface area contributed by atoms with Gasteiger partial charge < -0.3 is 10.2 Å². The molecule has 5 heteroatoms. The molecule has 4 nitrogen and oxygen atoms in total. The fraction of sp³-hybridized carbons (Fsp3) is 0.316. The SMILES string of the molecule is CC1CCN(C(=S)Nc2cc3cccnc3c3cccnc23)CC1. The number of hydrogen-bond donors (Lipinski definition) is 1. The standard InChI is InChI=1S/C19H20N4S/c1-13-6-10-23(11-7-13)19(24)22-16-12-14-4-2-8-20-17(14)15-5-3-9-21-18(15)16/h2-5,8-9,12-13H,6-7,10-11H2,1H3,(H,22,24). The van der Waals surface area contributed by atoms with E-state index in [0.717, 1.165) is 51.6 Å². The highest BCUT2D eigenvalue weighted by Crippen LogP contribution is 2.29. The van der Waals surface area contributed by atoms with E-state index < -0.39 is 0 Å². The molecule has 1 saturated heterocycles. The molecule has 0 radical (unpaired) electrons. The second-order valence-electron chi connectivity index (χ2n) is 6.50. The maximum Gasteiger partial charge on any atom is 0.173 e. The van der Waals surface area contributed by atoms with Crippen molar-refractivity contribution in [2.24, 2.45) is 5.92 Å². The molecule has 0 amide bonds. The minimum absolute atomic E-state index is 0.789. The number of anilines is 1. The lowest BCUT2D eigenvalue weighted by atomic mass is 10.00.